The van der Waals surface area contributed by atoms with Crippen LogP contribution in [0.5, 0.6) is 0 Å². The normalized spacial score (nSPS) is 25.0. The van der Waals surface area contributed by atoms with Gasteiger partial charge in [-0.2, -0.15) is 0 Å². The molecule has 0 aromatic heterocycles. The van der Waals surface area contributed by atoms with E-state index in [4.69, 9.17) is 9.47 Å². The van der Waals surface area contributed by atoms with Crippen molar-refractivity contribution in [2.45, 2.75) is 204 Å². The van der Waals surface area contributed by atoms with E-state index in [1.165, 1.54) is 58.3 Å². The quantitative estimate of drug-likeness (QED) is 0.0659. The van der Waals surface area contributed by atoms with Gasteiger partial charge >= 0.3 is 5.97 Å². The Labute approximate surface area is 261 Å². The van der Waals surface area contributed by atoms with E-state index in [0.29, 0.717) is 32.1 Å². The second-order valence-electron chi connectivity index (χ2n) is 13.5. The molecule has 0 bridgehead atoms. The van der Waals surface area contributed by atoms with Gasteiger partial charge in [-0.1, -0.05) is 84.0 Å². The number of rotatable bonds is 26. The van der Waals surface area contributed by atoms with Gasteiger partial charge in [-0.15, -0.1) is 0 Å². The van der Waals surface area contributed by atoms with E-state index in [-0.39, 0.29) is 42.4 Å². The number of carbonyl (C=O) groups is 2. The first-order valence-corrected chi connectivity index (χ1v) is 17.8. The number of ketones is 1. The minimum Gasteiger partial charge on any atom is -0.462 e. The molecule has 0 saturated carbocycles. The molecule has 8 nitrogen and oxygen atoms in total. The van der Waals surface area contributed by atoms with Crippen molar-refractivity contribution in [2.24, 2.45) is 5.92 Å². The summed E-state index contributed by atoms with van der Waals surface area (Å²) < 4.78 is 11.4. The Bertz CT molecular complexity index is 745. The predicted octanol–water partition coefficient (Wildman–Crippen LogP) is 6.32. The average Bonchev–Trinajstić information content (AvgIpc) is 3.60. The van der Waals surface area contributed by atoms with Crippen molar-refractivity contribution in [2.75, 3.05) is 0 Å². The number of aliphatic hydroxyl groups excluding tert-OH is 4. The third kappa shape index (κ3) is 16.2. The van der Waals surface area contributed by atoms with Crippen molar-refractivity contribution in [3.63, 3.8) is 0 Å². The van der Waals surface area contributed by atoms with Crippen LogP contribution in [0.3, 0.4) is 0 Å². The minimum atomic E-state index is -0.824. The summed E-state index contributed by atoms with van der Waals surface area (Å²) >= 11 is 0. The number of hydrogen-bond donors (Lipinski definition) is 4. The highest BCUT2D eigenvalue weighted by Gasteiger charge is 2.35. The number of Topliss-reactive ketones (excluding diaryl/α,β-unsaturated/α-hetero) is 1. The zero-order valence-electron chi connectivity index (χ0n) is 27.3. The van der Waals surface area contributed by atoms with E-state index < -0.39 is 24.4 Å². The second kappa shape index (κ2) is 22.4. The van der Waals surface area contributed by atoms with Crippen LogP contribution in [0.15, 0.2) is 0 Å². The number of cyclic esters (lactones) is 1. The summed E-state index contributed by atoms with van der Waals surface area (Å²) in [6, 6.07) is 0. The molecule has 4 N–H and O–H groups in total. The first-order chi connectivity index (χ1) is 20.7. The number of esters is 1. The van der Waals surface area contributed by atoms with Gasteiger partial charge in [0.15, 0.2) is 0 Å². The molecule has 2 aliphatic heterocycles. The third-order valence-corrected chi connectivity index (χ3v) is 9.46. The monoisotopic (exact) mass is 612 g/mol. The van der Waals surface area contributed by atoms with Gasteiger partial charge in [-0.05, 0) is 71.1 Å². The zero-order chi connectivity index (χ0) is 31.5. The maximum Gasteiger partial charge on any atom is 0.309 e. The molecular formula is C35H64O8. The molecule has 2 aliphatic rings. The van der Waals surface area contributed by atoms with Crippen molar-refractivity contribution in [3.05, 3.63) is 0 Å². The zero-order valence-corrected chi connectivity index (χ0v) is 27.3. The number of hydrogen-bond acceptors (Lipinski definition) is 8. The summed E-state index contributed by atoms with van der Waals surface area (Å²) in [6.45, 7) is 3.74. The Morgan fingerprint density at radius 2 is 1.21 bits per heavy atom. The molecule has 8 atom stereocenters. The fraction of sp³-hybridized carbons (Fsp3) is 0.943. The maximum absolute atomic E-state index is 11.8. The summed E-state index contributed by atoms with van der Waals surface area (Å²) in [4.78, 5) is 23.1. The Morgan fingerprint density at radius 3 is 1.79 bits per heavy atom. The lowest BCUT2D eigenvalue weighted by Gasteiger charge is -2.23. The third-order valence-electron chi connectivity index (χ3n) is 9.46. The number of unbranched alkanes of at least 4 members (excludes halogenated alkanes) is 11. The lowest BCUT2D eigenvalue weighted by atomic mass is 9.96. The molecule has 2 fully saturated rings. The molecule has 2 rings (SSSR count). The van der Waals surface area contributed by atoms with Crippen molar-refractivity contribution >= 4 is 11.8 Å². The Hall–Kier alpha value is -1.06. The lowest BCUT2D eigenvalue weighted by Crippen LogP contribution is -2.31. The molecule has 8 heteroatoms. The van der Waals surface area contributed by atoms with Crippen LogP contribution in [0.2, 0.25) is 0 Å². The molecule has 2 heterocycles. The molecule has 0 aromatic rings. The topological polar surface area (TPSA) is 134 Å². The largest absolute Gasteiger partial charge is 0.462 e. The van der Waals surface area contributed by atoms with Crippen molar-refractivity contribution < 1.29 is 39.5 Å². The first-order valence-electron chi connectivity index (χ1n) is 17.8. The highest BCUT2D eigenvalue weighted by molar-refractivity contribution is 5.83. The molecule has 43 heavy (non-hydrogen) atoms. The molecule has 2 saturated heterocycles. The summed E-state index contributed by atoms with van der Waals surface area (Å²) in [5.41, 5.74) is 0. The lowest BCUT2D eigenvalue weighted by molar-refractivity contribution is -0.145. The van der Waals surface area contributed by atoms with Crippen LogP contribution in [0.1, 0.15) is 162 Å². The standard InChI is InChI=1S/C35H64O8/c1-3-4-5-6-7-8-9-10-11-14-19-31(39)33-22-23-34(43-33)32(40)21-16-20-30(38)29(37)18-15-12-13-17-28-25-27(24-26(2)36)35(41)42-28/h27-34,37-40H,3-25H2,1-2H3/t27-,28+,29?,30?,31-,32-,33-,34-/m0/s1. The highest BCUT2D eigenvalue weighted by Crippen LogP contribution is 2.29. The van der Waals surface area contributed by atoms with Gasteiger partial charge in [0.25, 0.3) is 0 Å². The van der Waals surface area contributed by atoms with Crippen molar-refractivity contribution in [1.29, 1.82) is 0 Å². The van der Waals surface area contributed by atoms with Crippen LogP contribution in [-0.4, -0.2) is 74.9 Å². The number of ether oxygens (including phenoxy) is 2. The van der Waals surface area contributed by atoms with Crippen LogP contribution in [-0.2, 0) is 19.1 Å². The predicted molar refractivity (Wildman–Crippen MR) is 169 cm³/mol. The van der Waals surface area contributed by atoms with Crippen LogP contribution >= 0.6 is 0 Å². The molecule has 252 valence electrons. The molecule has 0 aromatic carbocycles. The first kappa shape index (κ1) is 38.1. The number of carbonyl (C=O) groups excluding carboxylic acids is 2. The van der Waals surface area contributed by atoms with Crippen molar-refractivity contribution in [3.8, 4) is 0 Å². The van der Waals surface area contributed by atoms with Gasteiger partial charge in [-0.3, -0.25) is 4.79 Å². The summed E-state index contributed by atoms with van der Waals surface area (Å²) in [6.07, 6.45) is 17.8. The van der Waals surface area contributed by atoms with Crippen LogP contribution in [0.4, 0.5) is 0 Å². The smallest absolute Gasteiger partial charge is 0.309 e. The van der Waals surface area contributed by atoms with E-state index in [1.807, 2.05) is 0 Å². The van der Waals surface area contributed by atoms with Crippen LogP contribution < -0.4 is 0 Å². The Morgan fingerprint density at radius 1 is 0.721 bits per heavy atom. The highest BCUT2D eigenvalue weighted by atomic mass is 16.6. The van der Waals surface area contributed by atoms with Crippen LogP contribution in [0, 0.1) is 5.92 Å². The number of aliphatic hydroxyl groups is 4. The molecular weight excluding hydrogens is 548 g/mol. The molecule has 0 aliphatic carbocycles. The summed E-state index contributed by atoms with van der Waals surface area (Å²) in [5, 5.41) is 42.0. The van der Waals surface area contributed by atoms with Crippen molar-refractivity contribution in [1.82, 2.24) is 0 Å². The Balaban J connectivity index is 1.46. The molecule has 0 amide bonds. The van der Waals surface area contributed by atoms with E-state index in [0.717, 1.165) is 57.8 Å². The second-order valence-corrected chi connectivity index (χ2v) is 13.5. The fourth-order valence-corrected chi connectivity index (χ4v) is 6.70. The van der Waals surface area contributed by atoms with E-state index in [1.54, 1.807) is 0 Å². The van der Waals surface area contributed by atoms with Gasteiger partial charge in [0, 0.05) is 6.42 Å². The molecule has 2 unspecified atom stereocenters. The average molecular weight is 613 g/mol. The summed E-state index contributed by atoms with van der Waals surface area (Å²) in [5.74, 6) is -0.555. The van der Waals surface area contributed by atoms with Crippen LogP contribution in [0.25, 0.3) is 0 Å². The van der Waals surface area contributed by atoms with Gasteiger partial charge in [-0.25, -0.2) is 0 Å². The summed E-state index contributed by atoms with van der Waals surface area (Å²) in [7, 11) is 0. The van der Waals surface area contributed by atoms with Gasteiger partial charge in [0.1, 0.15) is 11.9 Å². The van der Waals surface area contributed by atoms with Gasteiger partial charge < -0.3 is 34.7 Å². The van der Waals surface area contributed by atoms with E-state index in [9.17, 15) is 30.0 Å². The van der Waals surface area contributed by atoms with E-state index >= 15 is 0 Å². The van der Waals surface area contributed by atoms with E-state index in [2.05, 4.69) is 6.92 Å². The van der Waals surface area contributed by atoms with Gasteiger partial charge in [0.2, 0.25) is 0 Å². The SMILES string of the molecule is CCCCCCCCCCCC[C@H](O)[C@@H]1CC[C@@H]([C@@H](O)CCCC(O)C(O)CCCCC[C@@H]2C[C@H](CC(C)=O)C(=O)O2)O1. The molecule has 0 spiro atoms. The fourth-order valence-electron chi connectivity index (χ4n) is 6.70. The maximum atomic E-state index is 11.8. The van der Waals surface area contributed by atoms with Gasteiger partial charge in [0.05, 0.1) is 42.5 Å². The molecule has 0 radical (unpaired) electrons. The Kier molecular flexibility index (Phi) is 19.9. The minimum absolute atomic E-state index is 0.00928.